The van der Waals surface area contributed by atoms with Crippen molar-refractivity contribution in [1.82, 2.24) is 4.90 Å². The predicted molar refractivity (Wildman–Crippen MR) is 78.9 cm³/mol. The fourth-order valence-corrected chi connectivity index (χ4v) is 3.10. The van der Waals surface area contributed by atoms with Crippen LogP contribution in [0.4, 0.5) is 0 Å². The van der Waals surface area contributed by atoms with Crippen molar-refractivity contribution in [3.8, 4) is 11.5 Å². The number of alkyl halides is 1. The fraction of sp³-hybridized carbons (Fsp3) is 0.533. The SMILES string of the molecule is COc1ccc(C(=O)N2CCC(C)C2CCl)cc1OC. The Labute approximate surface area is 124 Å². The molecule has 1 aliphatic rings. The molecule has 0 saturated carbocycles. The van der Waals surface area contributed by atoms with E-state index in [4.69, 9.17) is 21.1 Å². The lowest BCUT2D eigenvalue weighted by Crippen LogP contribution is -2.38. The number of rotatable bonds is 4. The summed E-state index contributed by atoms with van der Waals surface area (Å²) in [5.74, 6) is 2.10. The highest BCUT2D eigenvalue weighted by Gasteiger charge is 2.34. The van der Waals surface area contributed by atoms with Crippen molar-refractivity contribution in [2.24, 2.45) is 5.92 Å². The summed E-state index contributed by atoms with van der Waals surface area (Å²) >= 11 is 6.00. The molecule has 0 spiro atoms. The Bertz CT molecular complexity index is 492. The van der Waals surface area contributed by atoms with Gasteiger partial charge in [0.15, 0.2) is 11.5 Å². The third kappa shape index (κ3) is 2.70. The lowest BCUT2D eigenvalue weighted by molar-refractivity contribution is 0.0736. The predicted octanol–water partition coefficient (Wildman–Crippen LogP) is 2.79. The maximum atomic E-state index is 12.6. The van der Waals surface area contributed by atoms with Gasteiger partial charge in [0.1, 0.15) is 0 Å². The van der Waals surface area contributed by atoms with Crippen molar-refractivity contribution < 1.29 is 14.3 Å². The van der Waals surface area contributed by atoms with E-state index < -0.39 is 0 Å². The molecule has 1 aliphatic heterocycles. The molecule has 4 nitrogen and oxygen atoms in total. The van der Waals surface area contributed by atoms with Crippen molar-refractivity contribution in [3.05, 3.63) is 23.8 Å². The first-order valence-corrected chi connectivity index (χ1v) is 7.24. The first-order valence-electron chi connectivity index (χ1n) is 6.71. The Morgan fingerprint density at radius 2 is 2.05 bits per heavy atom. The van der Waals surface area contributed by atoms with E-state index in [9.17, 15) is 4.79 Å². The summed E-state index contributed by atoms with van der Waals surface area (Å²) in [6.45, 7) is 2.89. The fourth-order valence-electron chi connectivity index (χ4n) is 2.63. The van der Waals surface area contributed by atoms with Gasteiger partial charge in [-0.25, -0.2) is 0 Å². The van der Waals surface area contributed by atoms with Crippen molar-refractivity contribution >= 4 is 17.5 Å². The average Bonchev–Trinajstić information content (AvgIpc) is 2.86. The van der Waals surface area contributed by atoms with Gasteiger partial charge in [-0.15, -0.1) is 11.6 Å². The maximum Gasteiger partial charge on any atom is 0.254 e. The zero-order valence-electron chi connectivity index (χ0n) is 12.1. The van der Waals surface area contributed by atoms with Crippen LogP contribution >= 0.6 is 11.6 Å². The van der Waals surface area contributed by atoms with E-state index in [1.807, 2.05) is 4.90 Å². The molecule has 0 radical (unpaired) electrons. The molecule has 110 valence electrons. The van der Waals surface area contributed by atoms with Crippen LogP contribution in [0.5, 0.6) is 11.5 Å². The summed E-state index contributed by atoms with van der Waals surface area (Å²) in [6.07, 6.45) is 0.996. The third-order valence-corrected chi connectivity index (χ3v) is 4.25. The van der Waals surface area contributed by atoms with Gasteiger partial charge in [0.2, 0.25) is 0 Å². The molecular formula is C15H20ClNO3. The molecule has 1 heterocycles. The number of amides is 1. The molecule has 20 heavy (non-hydrogen) atoms. The van der Waals surface area contributed by atoms with Crippen LogP contribution < -0.4 is 9.47 Å². The van der Waals surface area contributed by atoms with Gasteiger partial charge < -0.3 is 14.4 Å². The Hall–Kier alpha value is -1.42. The molecule has 1 amide bonds. The minimum absolute atomic E-state index is 0.000882. The van der Waals surface area contributed by atoms with E-state index in [-0.39, 0.29) is 11.9 Å². The minimum Gasteiger partial charge on any atom is -0.493 e. The van der Waals surface area contributed by atoms with Crippen molar-refractivity contribution in [1.29, 1.82) is 0 Å². The number of carbonyl (C=O) groups is 1. The molecule has 0 aromatic heterocycles. The molecule has 1 saturated heterocycles. The third-order valence-electron chi connectivity index (χ3n) is 3.93. The zero-order valence-corrected chi connectivity index (χ0v) is 12.8. The van der Waals surface area contributed by atoms with Crippen LogP contribution in [0, 0.1) is 5.92 Å². The monoisotopic (exact) mass is 297 g/mol. The second-order valence-corrected chi connectivity index (χ2v) is 5.36. The number of likely N-dealkylation sites (tertiary alicyclic amines) is 1. The van der Waals surface area contributed by atoms with Gasteiger partial charge in [-0.1, -0.05) is 6.92 Å². The normalized spacial score (nSPS) is 21.9. The molecule has 0 N–H and O–H groups in total. The molecule has 2 atom stereocenters. The number of nitrogens with zero attached hydrogens (tertiary/aromatic N) is 1. The summed E-state index contributed by atoms with van der Waals surface area (Å²) in [4.78, 5) is 14.5. The largest absolute Gasteiger partial charge is 0.493 e. The lowest BCUT2D eigenvalue weighted by atomic mass is 10.0. The molecule has 0 bridgehead atoms. The summed E-state index contributed by atoms with van der Waals surface area (Å²) < 4.78 is 10.4. The smallest absolute Gasteiger partial charge is 0.254 e. The summed E-state index contributed by atoms with van der Waals surface area (Å²) in [7, 11) is 3.14. The van der Waals surface area contributed by atoms with Crippen LogP contribution in [0.15, 0.2) is 18.2 Å². The average molecular weight is 298 g/mol. The highest BCUT2D eigenvalue weighted by Crippen LogP contribution is 2.31. The molecule has 1 fully saturated rings. The molecule has 5 heteroatoms. The number of ether oxygens (including phenoxy) is 2. The quantitative estimate of drug-likeness (QED) is 0.802. The van der Waals surface area contributed by atoms with Crippen molar-refractivity contribution in [3.63, 3.8) is 0 Å². The van der Waals surface area contributed by atoms with Gasteiger partial charge >= 0.3 is 0 Å². The summed E-state index contributed by atoms with van der Waals surface area (Å²) in [5, 5.41) is 0. The van der Waals surface area contributed by atoms with Gasteiger partial charge in [-0.2, -0.15) is 0 Å². The van der Waals surface area contributed by atoms with Crippen molar-refractivity contribution in [2.75, 3.05) is 26.6 Å². The highest BCUT2D eigenvalue weighted by molar-refractivity contribution is 6.18. The molecular weight excluding hydrogens is 278 g/mol. The molecule has 2 unspecified atom stereocenters. The molecule has 1 aromatic rings. The topological polar surface area (TPSA) is 38.8 Å². The van der Waals surface area contributed by atoms with Gasteiger partial charge in [0.25, 0.3) is 5.91 Å². The van der Waals surface area contributed by atoms with Crippen LogP contribution in [-0.4, -0.2) is 43.5 Å². The van der Waals surface area contributed by atoms with Crippen LogP contribution in [-0.2, 0) is 0 Å². The number of benzene rings is 1. The van der Waals surface area contributed by atoms with E-state index >= 15 is 0 Å². The molecule has 0 aliphatic carbocycles. The Kier molecular flexibility index (Phi) is 4.76. The van der Waals surface area contributed by atoms with E-state index in [1.165, 1.54) is 0 Å². The first-order chi connectivity index (χ1) is 9.62. The molecule has 2 rings (SSSR count). The number of hydrogen-bond acceptors (Lipinski definition) is 3. The maximum absolute atomic E-state index is 12.6. The Morgan fingerprint density at radius 3 is 2.65 bits per heavy atom. The highest BCUT2D eigenvalue weighted by atomic mass is 35.5. The van der Waals surface area contributed by atoms with Gasteiger partial charge in [-0.3, -0.25) is 4.79 Å². The Balaban J connectivity index is 2.25. The minimum atomic E-state index is 0.000882. The van der Waals surface area contributed by atoms with Crippen LogP contribution in [0.25, 0.3) is 0 Å². The standard InChI is InChI=1S/C15H20ClNO3/c1-10-6-7-17(12(10)9-16)15(18)11-4-5-13(19-2)14(8-11)20-3/h4-5,8,10,12H,6-7,9H2,1-3H3. The van der Waals surface area contributed by atoms with Gasteiger partial charge in [0, 0.05) is 24.0 Å². The van der Waals surface area contributed by atoms with Crippen molar-refractivity contribution in [2.45, 2.75) is 19.4 Å². The zero-order chi connectivity index (χ0) is 14.7. The van der Waals surface area contributed by atoms with E-state index in [1.54, 1.807) is 32.4 Å². The van der Waals surface area contributed by atoms with Crippen LogP contribution in [0.3, 0.4) is 0 Å². The first kappa shape index (κ1) is 15.0. The van der Waals surface area contributed by atoms with Crippen LogP contribution in [0.1, 0.15) is 23.7 Å². The number of halogens is 1. The number of hydrogen-bond donors (Lipinski definition) is 0. The number of methoxy groups -OCH3 is 2. The van der Waals surface area contributed by atoms with Crippen LogP contribution in [0.2, 0.25) is 0 Å². The Morgan fingerprint density at radius 1 is 1.35 bits per heavy atom. The lowest BCUT2D eigenvalue weighted by Gasteiger charge is -2.25. The summed E-state index contributed by atoms with van der Waals surface area (Å²) in [6, 6.07) is 5.34. The van der Waals surface area contributed by atoms with E-state index in [0.29, 0.717) is 28.9 Å². The second kappa shape index (κ2) is 6.35. The second-order valence-electron chi connectivity index (χ2n) is 5.06. The van der Waals surface area contributed by atoms with Gasteiger partial charge in [-0.05, 0) is 30.5 Å². The molecule has 1 aromatic carbocycles. The van der Waals surface area contributed by atoms with Gasteiger partial charge in [0.05, 0.1) is 14.2 Å². The van der Waals surface area contributed by atoms with E-state index in [0.717, 1.165) is 13.0 Å². The number of carbonyl (C=O) groups excluding carboxylic acids is 1. The van der Waals surface area contributed by atoms with E-state index in [2.05, 4.69) is 6.92 Å². The summed E-state index contributed by atoms with van der Waals surface area (Å²) in [5.41, 5.74) is 0.604.